The Morgan fingerprint density at radius 3 is 2.74 bits per heavy atom. The highest BCUT2D eigenvalue weighted by Crippen LogP contribution is 2.28. The summed E-state index contributed by atoms with van der Waals surface area (Å²) in [4.78, 5) is 10.6. The van der Waals surface area contributed by atoms with Gasteiger partial charge in [-0.2, -0.15) is 0 Å². The van der Waals surface area contributed by atoms with E-state index in [0.717, 1.165) is 30.2 Å². The highest BCUT2D eigenvalue weighted by molar-refractivity contribution is 9.09. The standard InChI is InChI=1S/C14H20BrNO3/c1-3-12-4-5-14(13(10-12)16(17)18)19-9-7-11(2)6-8-15/h4-5,10-11H,3,6-9H2,1-2H3. The zero-order valence-electron chi connectivity index (χ0n) is 11.4. The lowest BCUT2D eigenvalue weighted by Crippen LogP contribution is -2.06. The Bertz CT molecular complexity index is 423. The number of hydrogen-bond acceptors (Lipinski definition) is 3. The van der Waals surface area contributed by atoms with Gasteiger partial charge in [-0.1, -0.05) is 35.8 Å². The fraction of sp³-hybridized carbons (Fsp3) is 0.571. The maximum atomic E-state index is 11.0. The molecule has 0 fully saturated rings. The van der Waals surface area contributed by atoms with Crippen LogP contribution in [0.25, 0.3) is 0 Å². The van der Waals surface area contributed by atoms with E-state index in [0.29, 0.717) is 18.3 Å². The summed E-state index contributed by atoms with van der Waals surface area (Å²) >= 11 is 3.40. The van der Waals surface area contributed by atoms with Crippen LogP contribution in [0.2, 0.25) is 0 Å². The first-order valence-corrected chi connectivity index (χ1v) is 7.66. The first kappa shape index (κ1) is 16.0. The van der Waals surface area contributed by atoms with Crippen LogP contribution < -0.4 is 4.74 Å². The van der Waals surface area contributed by atoms with Crippen molar-refractivity contribution in [3.8, 4) is 5.75 Å². The van der Waals surface area contributed by atoms with Crippen LogP contribution in [-0.4, -0.2) is 16.9 Å². The Hall–Kier alpha value is -1.10. The summed E-state index contributed by atoms with van der Waals surface area (Å²) < 4.78 is 5.56. The third kappa shape index (κ3) is 5.19. The van der Waals surface area contributed by atoms with E-state index < -0.39 is 0 Å². The minimum absolute atomic E-state index is 0.0625. The Balaban J connectivity index is 2.64. The largest absolute Gasteiger partial charge is 0.487 e. The van der Waals surface area contributed by atoms with Crippen LogP contribution in [0.4, 0.5) is 5.69 Å². The van der Waals surface area contributed by atoms with Crippen molar-refractivity contribution in [1.29, 1.82) is 0 Å². The summed E-state index contributed by atoms with van der Waals surface area (Å²) in [7, 11) is 0. The van der Waals surface area contributed by atoms with Gasteiger partial charge in [0.1, 0.15) is 0 Å². The van der Waals surface area contributed by atoms with Crippen LogP contribution in [0.5, 0.6) is 5.75 Å². The van der Waals surface area contributed by atoms with Crippen molar-refractivity contribution in [2.75, 3.05) is 11.9 Å². The number of alkyl halides is 1. The van der Waals surface area contributed by atoms with Gasteiger partial charge >= 0.3 is 5.69 Å². The third-order valence-electron chi connectivity index (χ3n) is 3.10. The number of hydrogen-bond donors (Lipinski definition) is 0. The van der Waals surface area contributed by atoms with Crippen molar-refractivity contribution in [2.45, 2.75) is 33.1 Å². The quantitative estimate of drug-likeness (QED) is 0.404. The SMILES string of the molecule is CCc1ccc(OCCC(C)CCBr)c([N+](=O)[O-])c1. The summed E-state index contributed by atoms with van der Waals surface area (Å²) in [6, 6.07) is 5.17. The lowest BCUT2D eigenvalue weighted by Gasteiger charge is -2.11. The molecule has 0 saturated carbocycles. The molecule has 0 aliphatic rings. The van der Waals surface area contributed by atoms with E-state index in [1.165, 1.54) is 0 Å². The molecule has 5 heteroatoms. The maximum Gasteiger partial charge on any atom is 0.311 e. The van der Waals surface area contributed by atoms with Gasteiger partial charge < -0.3 is 4.74 Å². The second-order valence-corrected chi connectivity index (χ2v) is 5.43. The van der Waals surface area contributed by atoms with E-state index in [4.69, 9.17) is 4.74 Å². The Labute approximate surface area is 122 Å². The average molecular weight is 330 g/mol. The monoisotopic (exact) mass is 329 g/mol. The van der Waals surface area contributed by atoms with Crippen LogP contribution in [0.1, 0.15) is 32.3 Å². The lowest BCUT2D eigenvalue weighted by molar-refractivity contribution is -0.385. The number of halogens is 1. The predicted molar refractivity (Wildman–Crippen MR) is 80.2 cm³/mol. The molecule has 0 radical (unpaired) electrons. The number of nitro benzene ring substituents is 1. The fourth-order valence-corrected chi connectivity index (χ4v) is 2.53. The molecule has 1 aromatic rings. The molecule has 0 aromatic heterocycles. The van der Waals surface area contributed by atoms with E-state index in [1.54, 1.807) is 12.1 Å². The normalized spacial score (nSPS) is 12.2. The molecular formula is C14H20BrNO3. The van der Waals surface area contributed by atoms with E-state index >= 15 is 0 Å². The molecular weight excluding hydrogens is 310 g/mol. The van der Waals surface area contributed by atoms with Gasteiger partial charge in [0.2, 0.25) is 0 Å². The van der Waals surface area contributed by atoms with E-state index in [-0.39, 0.29) is 10.6 Å². The molecule has 106 valence electrons. The zero-order valence-corrected chi connectivity index (χ0v) is 13.0. The summed E-state index contributed by atoms with van der Waals surface area (Å²) in [5, 5.41) is 12.0. The second-order valence-electron chi connectivity index (χ2n) is 4.63. The molecule has 0 amide bonds. The minimum Gasteiger partial charge on any atom is -0.487 e. The zero-order chi connectivity index (χ0) is 14.3. The highest BCUT2D eigenvalue weighted by Gasteiger charge is 2.15. The molecule has 1 rings (SSSR count). The maximum absolute atomic E-state index is 11.0. The fourth-order valence-electron chi connectivity index (χ4n) is 1.75. The molecule has 0 saturated heterocycles. The Morgan fingerprint density at radius 1 is 1.42 bits per heavy atom. The van der Waals surface area contributed by atoms with Crippen molar-refractivity contribution in [3.63, 3.8) is 0 Å². The van der Waals surface area contributed by atoms with Gasteiger partial charge in [0, 0.05) is 11.4 Å². The average Bonchev–Trinajstić information content (AvgIpc) is 2.39. The third-order valence-corrected chi connectivity index (χ3v) is 3.56. The topological polar surface area (TPSA) is 52.4 Å². The van der Waals surface area contributed by atoms with Crippen LogP contribution in [0.3, 0.4) is 0 Å². The molecule has 19 heavy (non-hydrogen) atoms. The molecule has 0 N–H and O–H groups in total. The molecule has 1 unspecified atom stereocenters. The number of ether oxygens (including phenoxy) is 1. The molecule has 0 heterocycles. The minimum atomic E-state index is -0.379. The number of nitrogens with zero attached hydrogens (tertiary/aromatic N) is 1. The molecule has 0 aliphatic carbocycles. The molecule has 0 spiro atoms. The number of benzene rings is 1. The van der Waals surface area contributed by atoms with Gasteiger partial charge in [-0.25, -0.2) is 0 Å². The molecule has 4 nitrogen and oxygen atoms in total. The van der Waals surface area contributed by atoms with E-state index in [9.17, 15) is 10.1 Å². The number of nitro groups is 1. The summed E-state index contributed by atoms with van der Waals surface area (Å²) in [5.74, 6) is 0.918. The summed E-state index contributed by atoms with van der Waals surface area (Å²) in [6.07, 6.45) is 2.77. The molecule has 0 bridgehead atoms. The lowest BCUT2D eigenvalue weighted by atomic mass is 10.1. The Morgan fingerprint density at radius 2 is 2.16 bits per heavy atom. The second kappa shape index (κ2) is 8.15. The summed E-state index contributed by atoms with van der Waals surface area (Å²) in [5.41, 5.74) is 1.01. The Kier molecular flexibility index (Phi) is 6.84. The van der Waals surface area contributed by atoms with E-state index in [2.05, 4.69) is 22.9 Å². The first-order valence-electron chi connectivity index (χ1n) is 6.54. The predicted octanol–water partition coefficient (Wildman–Crippen LogP) is 4.35. The van der Waals surface area contributed by atoms with Gasteiger partial charge in [0.25, 0.3) is 0 Å². The molecule has 1 atom stereocenters. The van der Waals surface area contributed by atoms with Crippen molar-refractivity contribution in [2.24, 2.45) is 5.92 Å². The van der Waals surface area contributed by atoms with Gasteiger partial charge in [-0.15, -0.1) is 0 Å². The van der Waals surface area contributed by atoms with Crippen LogP contribution >= 0.6 is 15.9 Å². The highest BCUT2D eigenvalue weighted by atomic mass is 79.9. The number of aryl methyl sites for hydroxylation is 1. The van der Waals surface area contributed by atoms with Crippen molar-refractivity contribution in [3.05, 3.63) is 33.9 Å². The first-order chi connectivity index (χ1) is 9.08. The van der Waals surface area contributed by atoms with Gasteiger partial charge in [0.15, 0.2) is 5.75 Å². The molecule has 1 aromatic carbocycles. The smallest absolute Gasteiger partial charge is 0.311 e. The van der Waals surface area contributed by atoms with Gasteiger partial charge in [0.05, 0.1) is 11.5 Å². The number of rotatable bonds is 8. The van der Waals surface area contributed by atoms with Crippen molar-refractivity contribution >= 4 is 21.6 Å². The molecule has 0 aliphatic heterocycles. The van der Waals surface area contributed by atoms with Crippen molar-refractivity contribution in [1.82, 2.24) is 0 Å². The van der Waals surface area contributed by atoms with E-state index in [1.807, 2.05) is 13.0 Å². The van der Waals surface area contributed by atoms with Gasteiger partial charge in [-0.3, -0.25) is 10.1 Å². The summed E-state index contributed by atoms with van der Waals surface area (Å²) in [6.45, 7) is 4.64. The van der Waals surface area contributed by atoms with Crippen LogP contribution in [-0.2, 0) is 6.42 Å². The van der Waals surface area contributed by atoms with Crippen LogP contribution in [0, 0.1) is 16.0 Å². The van der Waals surface area contributed by atoms with Gasteiger partial charge in [-0.05, 0) is 36.8 Å². The van der Waals surface area contributed by atoms with Crippen molar-refractivity contribution < 1.29 is 9.66 Å². The van der Waals surface area contributed by atoms with Crippen LogP contribution in [0.15, 0.2) is 18.2 Å².